The highest BCUT2D eigenvalue weighted by Crippen LogP contribution is 2.17. The quantitative estimate of drug-likeness (QED) is 0.553. The van der Waals surface area contributed by atoms with Crippen molar-refractivity contribution >= 4 is 23.2 Å². The molecule has 3 rings (SSSR count). The van der Waals surface area contributed by atoms with E-state index in [4.69, 9.17) is 4.74 Å². The summed E-state index contributed by atoms with van der Waals surface area (Å²) in [4.78, 5) is 15.2. The van der Waals surface area contributed by atoms with Crippen LogP contribution in [0.15, 0.2) is 42.0 Å². The molecule has 21 heavy (non-hydrogen) atoms. The van der Waals surface area contributed by atoms with Crippen LogP contribution in [0.1, 0.15) is 12.5 Å². The van der Waals surface area contributed by atoms with E-state index in [1.54, 1.807) is 12.5 Å². The SMILES string of the molecule is CCOc1ccccc1/C=N/Nc1ncnc2nc[nH]c12. The van der Waals surface area contributed by atoms with E-state index in [9.17, 15) is 0 Å². The van der Waals surface area contributed by atoms with Gasteiger partial charge in [0.1, 0.15) is 17.6 Å². The molecule has 0 spiro atoms. The highest BCUT2D eigenvalue weighted by molar-refractivity contribution is 5.86. The minimum absolute atomic E-state index is 0.572. The first-order chi connectivity index (χ1) is 10.4. The first-order valence-corrected chi connectivity index (χ1v) is 6.53. The number of ether oxygens (including phenoxy) is 1. The summed E-state index contributed by atoms with van der Waals surface area (Å²) in [5, 5.41) is 4.19. The number of hydrogen-bond acceptors (Lipinski definition) is 6. The molecule has 0 radical (unpaired) electrons. The van der Waals surface area contributed by atoms with Crippen LogP contribution in [0, 0.1) is 0 Å². The highest BCUT2D eigenvalue weighted by Gasteiger charge is 2.04. The fraction of sp³-hybridized carbons (Fsp3) is 0.143. The molecular weight excluding hydrogens is 268 g/mol. The van der Waals surface area contributed by atoms with Crippen molar-refractivity contribution < 1.29 is 4.74 Å². The van der Waals surface area contributed by atoms with Crippen molar-refractivity contribution in [1.29, 1.82) is 0 Å². The summed E-state index contributed by atoms with van der Waals surface area (Å²) in [6, 6.07) is 7.69. The van der Waals surface area contributed by atoms with E-state index in [0.29, 0.717) is 23.6 Å². The molecule has 2 heterocycles. The molecule has 7 heteroatoms. The highest BCUT2D eigenvalue weighted by atomic mass is 16.5. The molecule has 0 unspecified atom stereocenters. The summed E-state index contributed by atoms with van der Waals surface area (Å²) in [6.45, 7) is 2.56. The van der Waals surface area contributed by atoms with Crippen LogP contribution in [0.25, 0.3) is 11.2 Å². The lowest BCUT2D eigenvalue weighted by Crippen LogP contribution is -1.98. The number of anilines is 1. The molecule has 3 aromatic rings. The number of nitrogens with zero attached hydrogens (tertiary/aromatic N) is 4. The number of nitrogens with one attached hydrogen (secondary N) is 2. The van der Waals surface area contributed by atoms with Gasteiger partial charge in [0.05, 0.1) is 19.1 Å². The molecule has 1 aromatic carbocycles. The number of rotatable bonds is 5. The lowest BCUT2D eigenvalue weighted by Gasteiger charge is -2.06. The van der Waals surface area contributed by atoms with Crippen molar-refractivity contribution in [3.63, 3.8) is 0 Å². The molecule has 0 atom stereocenters. The molecule has 0 aliphatic carbocycles. The van der Waals surface area contributed by atoms with Crippen molar-refractivity contribution in [3.8, 4) is 5.75 Å². The maximum absolute atomic E-state index is 5.54. The Bertz CT molecular complexity index is 767. The Morgan fingerprint density at radius 2 is 2.19 bits per heavy atom. The van der Waals surface area contributed by atoms with Crippen LogP contribution in [0.5, 0.6) is 5.75 Å². The predicted octanol–water partition coefficient (Wildman–Crippen LogP) is 2.20. The maximum Gasteiger partial charge on any atom is 0.182 e. The molecule has 0 aliphatic rings. The molecule has 0 saturated carbocycles. The minimum Gasteiger partial charge on any atom is -0.493 e. The van der Waals surface area contributed by atoms with Crippen LogP contribution < -0.4 is 10.2 Å². The van der Waals surface area contributed by atoms with Crippen LogP contribution in [0.2, 0.25) is 0 Å². The number of aromatic nitrogens is 4. The summed E-state index contributed by atoms with van der Waals surface area (Å²) < 4.78 is 5.54. The van der Waals surface area contributed by atoms with E-state index in [1.807, 2.05) is 31.2 Å². The molecule has 0 fully saturated rings. The summed E-state index contributed by atoms with van der Waals surface area (Å²) in [5.41, 5.74) is 5.08. The Balaban J connectivity index is 1.80. The second kappa shape index (κ2) is 6.00. The summed E-state index contributed by atoms with van der Waals surface area (Å²) in [6.07, 6.45) is 4.70. The number of para-hydroxylation sites is 1. The molecule has 0 saturated heterocycles. The average molecular weight is 282 g/mol. The van der Waals surface area contributed by atoms with Gasteiger partial charge in [-0.15, -0.1) is 0 Å². The van der Waals surface area contributed by atoms with E-state index in [0.717, 1.165) is 11.3 Å². The number of imidazole rings is 1. The fourth-order valence-electron chi connectivity index (χ4n) is 1.89. The first kappa shape index (κ1) is 13.0. The molecule has 106 valence electrons. The molecule has 2 N–H and O–H groups in total. The van der Waals surface area contributed by atoms with Gasteiger partial charge in [-0.05, 0) is 19.1 Å². The van der Waals surface area contributed by atoms with Gasteiger partial charge in [0.2, 0.25) is 0 Å². The molecular formula is C14H14N6O. The summed E-state index contributed by atoms with van der Waals surface area (Å²) in [7, 11) is 0. The number of aromatic amines is 1. The topological polar surface area (TPSA) is 88.1 Å². The van der Waals surface area contributed by atoms with Crippen molar-refractivity contribution in [2.24, 2.45) is 5.10 Å². The summed E-state index contributed by atoms with van der Waals surface area (Å²) in [5.74, 6) is 1.36. The Kier molecular flexibility index (Phi) is 3.72. The van der Waals surface area contributed by atoms with Crippen LogP contribution in [-0.4, -0.2) is 32.8 Å². The Hall–Kier alpha value is -2.96. The molecule has 0 aliphatic heterocycles. The van der Waals surface area contributed by atoms with Crippen molar-refractivity contribution in [2.45, 2.75) is 6.92 Å². The second-order valence-electron chi connectivity index (χ2n) is 4.16. The lowest BCUT2D eigenvalue weighted by molar-refractivity contribution is 0.340. The molecule has 7 nitrogen and oxygen atoms in total. The van der Waals surface area contributed by atoms with Gasteiger partial charge in [0.15, 0.2) is 11.5 Å². The Morgan fingerprint density at radius 1 is 1.29 bits per heavy atom. The van der Waals surface area contributed by atoms with Gasteiger partial charge in [0.25, 0.3) is 0 Å². The van der Waals surface area contributed by atoms with E-state index in [-0.39, 0.29) is 0 Å². The third-order valence-corrected chi connectivity index (χ3v) is 2.82. The zero-order valence-corrected chi connectivity index (χ0v) is 11.4. The van der Waals surface area contributed by atoms with Gasteiger partial charge in [-0.25, -0.2) is 15.0 Å². The van der Waals surface area contributed by atoms with Gasteiger partial charge in [0, 0.05) is 5.56 Å². The third kappa shape index (κ3) is 2.81. The number of benzene rings is 1. The van der Waals surface area contributed by atoms with Gasteiger partial charge in [-0.2, -0.15) is 5.10 Å². The zero-order valence-electron chi connectivity index (χ0n) is 11.4. The standard InChI is InChI=1S/C14H14N6O/c1-2-21-11-6-4-3-5-10(11)7-19-20-14-12-13(16-8-15-12)17-9-18-14/h3-9H,2H2,1H3,(H2,15,16,17,18,20)/b19-7+. The number of H-pyrrole nitrogens is 1. The van der Waals surface area contributed by atoms with Gasteiger partial charge < -0.3 is 9.72 Å². The maximum atomic E-state index is 5.54. The zero-order chi connectivity index (χ0) is 14.5. The largest absolute Gasteiger partial charge is 0.493 e. The van der Waals surface area contributed by atoms with Gasteiger partial charge in [-0.3, -0.25) is 5.43 Å². The number of fused-ring (bicyclic) bond motifs is 1. The Labute approximate surface area is 121 Å². The molecule has 2 aromatic heterocycles. The van der Waals surface area contributed by atoms with E-state index in [1.165, 1.54) is 6.33 Å². The van der Waals surface area contributed by atoms with E-state index in [2.05, 4.69) is 30.5 Å². The van der Waals surface area contributed by atoms with Crippen LogP contribution in [0.3, 0.4) is 0 Å². The summed E-state index contributed by atoms with van der Waals surface area (Å²) >= 11 is 0. The molecule has 0 bridgehead atoms. The number of hydrazone groups is 1. The fourth-order valence-corrected chi connectivity index (χ4v) is 1.89. The monoisotopic (exact) mass is 282 g/mol. The van der Waals surface area contributed by atoms with Crippen molar-refractivity contribution in [1.82, 2.24) is 19.9 Å². The van der Waals surface area contributed by atoms with E-state index < -0.39 is 0 Å². The van der Waals surface area contributed by atoms with Gasteiger partial charge in [-0.1, -0.05) is 12.1 Å². The van der Waals surface area contributed by atoms with Crippen LogP contribution >= 0.6 is 0 Å². The van der Waals surface area contributed by atoms with Crippen molar-refractivity contribution in [2.75, 3.05) is 12.0 Å². The van der Waals surface area contributed by atoms with Gasteiger partial charge >= 0.3 is 0 Å². The van der Waals surface area contributed by atoms with Crippen LogP contribution in [-0.2, 0) is 0 Å². The second-order valence-corrected chi connectivity index (χ2v) is 4.16. The average Bonchev–Trinajstić information content (AvgIpc) is 2.99. The predicted molar refractivity (Wildman–Crippen MR) is 80.5 cm³/mol. The lowest BCUT2D eigenvalue weighted by atomic mass is 10.2. The third-order valence-electron chi connectivity index (χ3n) is 2.82. The smallest absolute Gasteiger partial charge is 0.182 e. The number of hydrogen-bond donors (Lipinski definition) is 2. The van der Waals surface area contributed by atoms with E-state index >= 15 is 0 Å². The first-order valence-electron chi connectivity index (χ1n) is 6.53. The molecule has 0 amide bonds. The normalized spacial score (nSPS) is 11.1. The Morgan fingerprint density at radius 3 is 3.10 bits per heavy atom. The van der Waals surface area contributed by atoms with Crippen molar-refractivity contribution in [3.05, 3.63) is 42.5 Å². The minimum atomic E-state index is 0.572. The van der Waals surface area contributed by atoms with Crippen LogP contribution in [0.4, 0.5) is 5.82 Å².